The minimum atomic E-state index is -1.19. The zero-order valence-electron chi connectivity index (χ0n) is 28.1. The van der Waals surface area contributed by atoms with Crippen LogP contribution in [0.25, 0.3) is 0 Å². The van der Waals surface area contributed by atoms with Crippen LogP contribution >= 0.6 is 0 Å². The highest BCUT2D eigenvalue weighted by Crippen LogP contribution is 2.29. The van der Waals surface area contributed by atoms with E-state index in [9.17, 15) is 23.7 Å². The molecule has 0 spiro atoms. The van der Waals surface area contributed by atoms with Gasteiger partial charge in [-0.2, -0.15) is 0 Å². The van der Waals surface area contributed by atoms with Gasteiger partial charge >= 0.3 is 6.09 Å². The highest BCUT2D eigenvalue weighted by atomic mass is 32.2. The smallest absolute Gasteiger partial charge is 0.410 e. The molecule has 4 rings (SSSR count). The van der Waals surface area contributed by atoms with Gasteiger partial charge < -0.3 is 29.9 Å². The fourth-order valence-corrected chi connectivity index (χ4v) is 7.55. The third kappa shape index (κ3) is 11.4. The molecule has 0 bridgehead atoms. The molecule has 1 aromatic carbocycles. The average molecular weight is 672 g/mol. The first-order valence-corrected chi connectivity index (χ1v) is 18.7. The number of carbonyl (C=O) groups excluding carboxylic acids is 3. The van der Waals surface area contributed by atoms with E-state index in [2.05, 4.69) is 29.1 Å². The second kappa shape index (κ2) is 18.3. The Bertz CT molecular complexity index is 1280. The first kappa shape index (κ1) is 36.6. The Morgan fingerprint density at radius 3 is 2.43 bits per heavy atom. The SMILES string of the molecule is CC(C)CC[C@H](O)[C@H](CC1CCCCC1)NC(=O)[C@H](Cc1cnc[nH]1)N(C)C(=O)[C@H](Cc1ccccc1)OC(=O)N1CCS(=O)CC1. The van der Waals surface area contributed by atoms with Crippen molar-refractivity contribution in [3.05, 3.63) is 54.1 Å². The third-order valence-electron chi connectivity index (χ3n) is 9.45. The normalized spacial score (nSPS) is 18.7. The molecule has 3 N–H and O–H groups in total. The number of carbonyl (C=O) groups is 3. The Labute approximate surface area is 281 Å². The predicted molar refractivity (Wildman–Crippen MR) is 182 cm³/mol. The third-order valence-corrected chi connectivity index (χ3v) is 10.7. The van der Waals surface area contributed by atoms with Crippen LogP contribution < -0.4 is 5.32 Å². The largest absolute Gasteiger partial charge is 0.436 e. The van der Waals surface area contributed by atoms with Crippen LogP contribution in [0.2, 0.25) is 0 Å². The zero-order chi connectivity index (χ0) is 33.8. The van der Waals surface area contributed by atoms with Crippen LogP contribution in [0.5, 0.6) is 0 Å². The fraction of sp³-hybridized carbons (Fsp3) is 0.657. The number of imidazole rings is 1. The second-order valence-electron chi connectivity index (χ2n) is 13.5. The van der Waals surface area contributed by atoms with E-state index in [1.807, 2.05) is 30.3 Å². The summed E-state index contributed by atoms with van der Waals surface area (Å²) in [5.41, 5.74) is 1.48. The van der Waals surface area contributed by atoms with E-state index in [1.165, 1.54) is 22.5 Å². The van der Waals surface area contributed by atoms with Gasteiger partial charge in [-0.15, -0.1) is 0 Å². The number of aromatic nitrogens is 2. The van der Waals surface area contributed by atoms with Gasteiger partial charge in [0.25, 0.3) is 5.91 Å². The number of aliphatic hydroxyl groups is 1. The molecule has 4 atom stereocenters. The average Bonchev–Trinajstić information content (AvgIpc) is 3.59. The van der Waals surface area contributed by atoms with Crippen molar-refractivity contribution in [2.45, 2.75) is 102 Å². The minimum absolute atomic E-state index is 0.131. The van der Waals surface area contributed by atoms with Crippen molar-refractivity contribution in [3.8, 4) is 0 Å². The van der Waals surface area contributed by atoms with Gasteiger partial charge in [-0.3, -0.25) is 13.8 Å². The minimum Gasteiger partial charge on any atom is -0.436 e. The topological polar surface area (TPSA) is 145 Å². The summed E-state index contributed by atoms with van der Waals surface area (Å²) < 4.78 is 17.7. The van der Waals surface area contributed by atoms with Gasteiger partial charge in [0.05, 0.1) is 18.5 Å². The standard InChI is InChI=1S/C35H53N5O6S/c1-25(2)14-15-31(41)29(20-26-10-6-4-7-11-26)38-33(42)30(22-28-23-36-24-37-28)39(3)34(43)32(21-27-12-8-5-9-13-27)46-35(44)40-16-18-47(45)19-17-40/h5,8-9,12-13,23-26,29-32,41H,4,6-7,10-11,14-22H2,1-3H3,(H,36,37)(H,38,42)/t29-,30-,31-,32-/m0/s1. The summed E-state index contributed by atoms with van der Waals surface area (Å²) in [5, 5.41) is 14.5. The molecule has 1 aliphatic carbocycles. The molecule has 0 unspecified atom stereocenters. The number of nitrogens with zero attached hydrogens (tertiary/aromatic N) is 3. The van der Waals surface area contributed by atoms with Gasteiger partial charge in [-0.05, 0) is 36.7 Å². The Balaban J connectivity index is 1.56. The molecule has 47 heavy (non-hydrogen) atoms. The van der Waals surface area contributed by atoms with E-state index in [0.29, 0.717) is 55.0 Å². The summed E-state index contributed by atoms with van der Waals surface area (Å²) in [6.07, 6.45) is 8.71. The van der Waals surface area contributed by atoms with Crippen LogP contribution in [0.3, 0.4) is 0 Å². The van der Waals surface area contributed by atoms with E-state index in [4.69, 9.17) is 4.74 Å². The van der Waals surface area contributed by atoms with Crippen LogP contribution in [0.1, 0.15) is 76.5 Å². The van der Waals surface area contributed by atoms with Crippen LogP contribution in [0, 0.1) is 11.8 Å². The first-order valence-electron chi connectivity index (χ1n) is 17.2. The van der Waals surface area contributed by atoms with E-state index in [-0.39, 0.29) is 18.7 Å². The van der Waals surface area contributed by atoms with Gasteiger partial charge in [0.15, 0.2) is 6.10 Å². The Kier molecular flexibility index (Phi) is 14.3. The Hall–Kier alpha value is -3.25. The number of aliphatic hydroxyl groups excluding tert-OH is 1. The lowest BCUT2D eigenvalue weighted by atomic mass is 9.83. The maximum absolute atomic E-state index is 14.2. The molecule has 1 saturated carbocycles. The summed E-state index contributed by atoms with van der Waals surface area (Å²) in [6, 6.07) is 7.91. The monoisotopic (exact) mass is 671 g/mol. The molecular weight excluding hydrogens is 618 g/mol. The lowest BCUT2D eigenvalue weighted by Gasteiger charge is -2.35. The van der Waals surface area contributed by atoms with Crippen LogP contribution in [-0.4, -0.2) is 103 Å². The van der Waals surface area contributed by atoms with Crippen molar-refractivity contribution in [3.63, 3.8) is 0 Å². The van der Waals surface area contributed by atoms with Crippen LogP contribution in [0.15, 0.2) is 42.9 Å². The van der Waals surface area contributed by atoms with Gasteiger partial charge in [0, 0.05) is 67.2 Å². The zero-order valence-corrected chi connectivity index (χ0v) is 29.0. The van der Waals surface area contributed by atoms with E-state index in [1.54, 1.807) is 13.2 Å². The van der Waals surface area contributed by atoms with E-state index < -0.39 is 47.1 Å². The van der Waals surface area contributed by atoms with Crippen molar-refractivity contribution in [2.24, 2.45) is 11.8 Å². The number of rotatable bonds is 15. The van der Waals surface area contributed by atoms with Crippen LogP contribution in [0.4, 0.5) is 4.79 Å². The number of nitrogens with one attached hydrogen (secondary N) is 2. The van der Waals surface area contributed by atoms with E-state index in [0.717, 1.165) is 37.7 Å². The van der Waals surface area contributed by atoms with Crippen molar-refractivity contribution in [2.75, 3.05) is 31.6 Å². The molecule has 1 saturated heterocycles. The molecule has 2 aromatic rings. The molecule has 11 nitrogen and oxygen atoms in total. The molecule has 2 fully saturated rings. The summed E-state index contributed by atoms with van der Waals surface area (Å²) in [5.74, 6) is 0.696. The Morgan fingerprint density at radius 1 is 1.09 bits per heavy atom. The summed E-state index contributed by atoms with van der Waals surface area (Å²) in [4.78, 5) is 51.6. The number of amides is 3. The number of aromatic amines is 1. The van der Waals surface area contributed by atoms with Gasteiger partial charge in [-0.1, -0.05) is 76.3 Å². The lowest BCUT2D eigenvalue weighted by molar-refractivity contribution is -0.146. The number of hydrogen-bond acceptors (Lipinski definition) is 7. The lowest BCUT2D eigenvalue weighted by Crippen LogP contribution is -2.56. The number of hydrogen-bond donors (Lipinski definition) is 3. The Morgan fingerprint density at radius 2 is 1.79 bits per heavy atom. The fourth-order valence-electron chi connectivity index (χ4n) is 6.49. The summed E-state index contributed by atoms with van der Waals surface area (Å²) >= 11 is 0. The van der Waals surface area contributed by atoms with Crippen molar-refractivity contribution in [1.29, 1.82) is 0 Å². The molecule has 12 heteroatoms. The van der Waals surface area contributed by atoms with Crippen molar-refractivity contribution < 1.29 is 28.4 Å². The highest BCUT2D eigenvalue weighted by molar-refractivity contribution is 7.85. The summed E-state index contributed by atoms with van der Waals surface area (Å²) in [6.45, 7) is 4.82. The molecule has 0 radical (unpaired) electrons. The first-order chi connectivity index (χ1) is 22.6. The molecule has 3 amide bonds. The van der Waals surface area contributed by atoms with Crippen molar-refractivity contribution in [1.82, 2.24) is 25.1 Å². The summed E-state index contributed by atoms with van der Waals surface area (Å²) in [7, 11) is 0.584. The quantitative estimate of drug-likeness (QED) is 0.261. The number of H-pyrrole nitrogens is 1. The molecule has 1 aromatic heterocycles. The van der Waals surface area contributed by atoms with Gasteiger partial charge in [0.2, 0.25) is 5.91 Å². The number of likely N-dealkylation sites (N-methyl/N-ethyl adjacent to an activating group) is 1. The maximum atomic E-state index is 14.2. The van der Waals surface area contributed by atoms with Gasteiger partial charge in [0.1, 0.15) is 6.04 Å². The number of benzene rings is 1. The van der Waals surface area contributed by atoms with Crippen LogP contribution in [-0.2, 0) is 38.0 Å². The second-order valence-corrected chi connectivity index (χ2v) is 15.2. The highest BCUT2D eigenvalue weighted by Gasteiger charge is 2.37. The number of ether oxygens (including phenoxy) is 1. The molecule has 260 valence electrons. The van der Waals surface area contributed by atoms with Crippen molar-refractivity contribution >= 4 is 28.7 Å². The molecule has 2 aliphatic rings. The predicted octanol–water partition coefficient (Wildman–Crippen LogP) is 3.84. The molecule has 1 aliphatic heterocycles. The van der Waals surface area contributed by atoms with E-state index >= 15 is 0 Å². The molecule has 2 heterocycles. The molecular formula is C35H53N5O6S. The maximum Gasteiger partial charge on any atom is 0.410 e. The van der Waals surface area contributed by atoms with Gasteiger partial charge in [-0.25, -0.2) is 9.78 Å².